The zero-order valence-corrected chi connectivity index (χ0v) is 15.3. The molecule has 7 heteroatoms. The van der Waals surface area contributed by atoms with Crippen molar-refractivity contribution in [1.29, 1.82) is 0 Å². The molecule has 1 atom stereocenters. The molecule has 0 radical (unpaired) electrons. The summed E-state index contributed by atoms with van der Waals surface area (Å²) < 4.78 is 11.3. The molecule has 1 aliphatic rings. The Morgan fingerprint density at radius 2 is 2.16 bits per heavy atom. The molecule has 25 heavy (non-hydrogen) atoms. The van der Waals surface area contributed by atoms with Gasteiger partial charge < -0.3 is 20.1 Å². The van der Waals surface area contributed by atoms with E-state index in [1.165, 1.54) is 0 Å². The average molecular weight is 383 g/mol. The third kappa shape index (κ3) is 5.26. The zero-order chi connectivity index (χ0) is 16.9. The molecule has 0 aromatic heterocycles. The molecule has 2 aromatic rings. The number of fused-ring (bicyclic) bond motifs is 1. The van der Waals surface area contributed by atoms with Crippen molar-refractivity contribution in [2.75, 3.05) is 18.5 Å². The van der Waals surface area contributed by atoms with Crippen LogP contribution in [0.1, 0.15) is 12.5 Å². The highest BCUT2D eigenvalue weighted by Gasteiger charge is 2.16. The minimum Gasteiger partial charge on any atom is -0.492 e. The molecule has 1 heterocycles. The number of benzene rings is 2. The van der Waals surface area contributed by atoms with E-state index >= 15 is 0 Å². The highest BCUT2D eigenvalue weighted by atomic mass is 35.5. The molecule has 0 saturated carbocycles. The quantitative estimate of drug-likeness (QED) is 0.846. The largest absolute Gasteiger partial charge is 0.492 e. The van der Waals surface area contributed by atoms with E-state index in [9.17, 15) is 4.79 Å². The van der Waals surface area contributed by atoms with Crippen LogP contribution < -0.4 is 20.1 Å². The monoisotopic (exact) mass is 382 g/mol. The van der Waals surface area contributed by atoms with Gasteiger partial charge in [0.1, 0.15) is 18.1 Å². The van der Waals surface area contributed by atoms with Crippen molar-refractivity contribution in [2.24, 2.45) is 0 Å². The molecule has 0 aliphatic carbocycles. The van der Waals surface area contributed by atoms with Gasteiger partial charge in [-0.3, -0.25) is 4.79 Å². The summed E-state index contributed by atoms with van der Waals surface area (Å²) in [6.45, 7) is 3.86. The van der Waals surface area contributed by atoms with E-state index < -0.39 is 6.10 Å². The molecule has 3 rings (SSSR count). The number of ether oxygens (including phenoxy) is 2. The number of halogens is 2. The van der Waals surface area contributed by atoms with Crippen molar-refractivity contribution in [1.82, 2.24) is 5.32 Å². The van der Waals surface area contributed by atoms with E-state index in [0.717, 1.165) is 17.9 Å². The van der Waals surface area contributed by atoms with Gasteiger partial charge in [-0.15, -0.1) is 12.4 Å². The molecule has 5 nitrogen and oxygen atoms in total. The number of nitrogens with one attached hydrogen (secondary N) is 2. The number of hydrogen-bond acceptors (Lipinski definition) is 4. The van der Waals surface area contributed by atoms with Crippen molar-refractivity contribution in [3.63, 3.8) is 0 Å². The molecule has 0 spiro atoms. The molecule has 0 saturated heterocycles. The lowest BCUT2D eigenvalue weighted by Crippen LogP contribution is -2.30. The van der Waals surface area contributed by atoms with Crippen LogP contribution in [-0.2, 0) is 11.3 Å². The highest BCUT2D eigenvalue weighted by molar-refractivity contribution is 6.30. The van der Waals surface area contributed by atoms with E-state index in [-0.39, 0.29) is 18.3 Å². The Balaban J connectivity index is 0.00000225. The highest BCUT2D eigenvalue weighted by Crippen LogP contribution is 2.24. The van der Waals surface area contributed by atoms with Gasteiger partial charge >= 0.3 is 0 Å². The van der Waals surface area contributed by atoms with Gasteiger partial charge in [0.2, 0.25) is 0 Å². The summed E-state index contributed by atoms with van der Waals surface area (Å²) in [6, 6.07) is 12.6. The second-order valence-corrected chi connectivity index (χ2v) is 5.99. The molecule has 2 aromatic carbocycles. The summed E-state index contributed by atoms with van der Waals surface area (Å²) >= 11 is 5.92. The normalized spacial score (nSPS) is 14.2. The molecule has 134 valence electrons. The van der Waals surface area contributed by atoms with Crippen LogP contribution in [0.5, 0.6) is 11.5 Å². The predicted molar refractivity (Wildman–Crippen MR) is 101 cm³/mol. The fourth-order valence-electron chi connectivity index (χ4n) is 2.43. The number of hydrogen-bond donors (Lipinski definition) is 2. The third-order valence-corrected chi connectivity index (χ3v) is 3.89. The first kappa shape index (κ1) is 19.4. The number of amides is 1. The molecular formula is C18H20Cl2N2O3. The second kappa shape index (κ2) is 8.94. The minimum atomic E-state index is -0.642. The molecule has 0 fully saturated rings. The van der Waals surface area contributed by atoms with Gasteiger partial charge in [0.15, 0.2) is 6.10 Å². The third-order valence-electron chi connectivity index (χ3n) is 3.66. The van der Waals surface area contributed by atoms with Crippen LogP contribution >= 0.6 is 24.0 Å². The minimum absolute atomic E-state index is 0. The summed E-state index contributed by atoms with van der Waals surface area (Å²) in [6.07, 6.45) is -0.642. The molecule has 1 amide bonds. The Labute approximate surface area is 158 Å². The van der Waals surface area contributed by atoms with Gasteiger partial charge in [0, 0.05) is 29.4 Å². The number of rotatable bonds is 4. The lowest BCUT2D eigenvalue weighted by atomic mass is 10.1. The van der Waals surface area contributed by atoms with Gasteiger partial charge in [0.25, 0.3) is 5.91 Å². The van der Waals surface area contributed by atoms with E-state index in [1.807, 2.05) is 18.2 Å². The first-order valence-corrected chi connectivity index (χ1v) is 8.19. The molecule has 0 bridgehead atoms. The number of anilines is 1. The van der Waals surface area contributed by atoms with E-state index in [2.05, 4.69) is 10.6 Å². The van der Waals surface area contributed by atoms with Gasteiger partial charge in [-0.25, -0.2) is 0 Å². The van der Waals surface area contributed by atoms with Crippen LogP contribution in [0.25, 0.3) is 0 Å². The molecule has 2 N–H and O–H groups in total. The van der Waals surface area contributed by atoms with Crippen LogP contribution in [0.4, 0.5) is 5.69 Å². The fraction of sp³-hybridized carbons (Fsp3) is 0.278. The fourth-order valence-corrected chi connectivity index (χ4v) is 2.61. The van der Waals surface area contributed by atoms with Crippen molar-refractivity contribution in [3.05, 3.63) is 53.1 Å². The lowest BCUT2D eigenvalue weighted by molar-refractivity contribution is -0.122. The number of carbonyl (C=O) groups excluding carboxylic acids is 1. The Morgan fingerprint density at radius 1 is 1.32 bits per heavy atom. The van der Waals surface area contributed by atoms with Crippen molar-refractivity contribution < 1.29 is 14.3 Å². The van der Waals surface area contributed by atoms with Crippen molar-refractivity contribution in [3.8, 4) is 11.5 Å². The van der Waals surface area contributed by atoms with Crippen LogP contribution in [0.3, 0.4) is 0 Å². The van der Waals surface area contributed by atoms with Crippen LogP contribution in [-0.4, -0.2) is 25.2 Å². The Hall–Kier alpha value is -1.95. The van der Waals surface area contributed by atoms with Gasteiger partial charge in [-0.1, -0.05) is 17.7 Å². The van der Waals surface area contributed by atoms with Crippen molar-refractivity contribution >= 4 is 35.6 Å². The zero-order valence-electron chi connectivity index (χ0n) is 13.8. The van der Waals surface area contributed by atoms with Gasteiger partial charge in [-0.05, 0) is 43.3 Å². The molecular weight excluding hydrogens is 363 g/mol. The van der Waals surface area contributed by atoms with Crippen LogP contribution in [0.15, 0.2) is 42.5 Å². The van der Waals surface area contributed by atoms with Crippen LogP contribution in [0.2, 0.25) is 5.02 Å². The summed E-state index contributed by atoms with van der Waals surface area (Å²) in [5.74, 6) is 1.18. The average Bonchev–Trinajstić information content (AvgIpc) is 2.79. The van der Waals surface area contributed by atoms with Crippen molar-refractivity contribution in [2.45, 2.75) is 19.6 Å². The molecule has 1 aliphatic heterocycles. The lowest BCUT2D eigenvalue weighted by Gasteiger charge is -2.16. The van der Waals surface area contributed by atoms with E-state index in [0.29, 0.717) is 29.6 Å². The second-order valence-electron chi connectivity index (χ2n) is 5.55. The summed E-state index contributed by atoms with van der Waals surface area (Å²) in [5.41, 5.74) is 1.74. The van der Waals surface area contributed by atoms with Crippen LogP contribution in [0, 0.1) is 0 Å². The molecule has 1 unspecified atom stereocenters. The van der Waals surface area contributed by atoms with E-state index in [1.54, 1.807) is 31.2 Å². The Kier molecular flexibility index (Phi) is 6.93. The SMILES string of the molecule is CC(Oc1cccc(Cl)c1)C(=O)Nc1ccc2c(c1)CNCCO2.Cl. The summed E-state index contributed by atoms with van der Waals surface area (Å²) in [7, 11) is 0. The Morgan fingerprint density at radius 3 is 2.96 bits per heavy atom. The maximum Gasteiger partial charge on any atom is 0.265 e. The van der Waals surface area contributed by atoms with Gasteiger partial charge in [0.05, 0.1) is 0 Å². The standard InChI is InChI=1S/C18H19ClN2O3.ClH/c1-12(24-16-4-2-3-14(19)10-16)18(22)21-15-5-6-17-13(9-15)11-20-7-8-23-17;/h2-6,9-10,12,20H,7-8,11H2,1H3,(H,21,22);1H. The van der Waals surface area contributed by atoms with Gasteiger partial charge in [-0.2, -0.15) is 0 Å². The topological polar surface area (TPSA) is 59.6 Å². The van der Waals surface area contributed by atoms with E-state index in [4.69, 9.17) is 21.1 Å². The summed E-state index contributed by atoms with van der Waals surface area (Å²) in [4.78, 5) is 12.3. The Bertz CT molecular complexity index is 740. The maximum absolute atomic E-state index is 12.3. The smallest absolute Gasteiger partial charge is 0.265 e. The summed E-state index contributed by atoms with van der Waals surface area (Å²) in [5, 5.41) is 6.70. The predicted octanol–water partition coefficient (Wildman–Crippen LogP) is 3.65. The number of carbonyl (C=O) groups is 1. The first-order chi connectivity index (χ1) is 11.6. The first-order valence-electron chi connectivity index (χ1n) is 7.81. The maximum atomic E-state index is 12.3.